The Kier molecular flexibility index (Phi) is 3.35. The lowest BCUT2D eigenvalue weighted by Gasteiger charge is -2.50. The van der Waals surface area contributed by atoms with Crippen molar-refractivity contribution >= 4 is 14.1 Å². The van der Waals surface area contributed by atoms with Crippen molar-refractivity contribution < 1.29 is 9.22 Å². The molecule has 3 heteroatoms. The molecule has 2 nitrogen and oxygen atoms in total. The van der Waals surface area contributed by atoms with Crippen molar-refractivity contribution in [3.8, 4) is 0 Å². The molecule has 0 aromatic rings. The molecule has 0 saturated heterocycles. The Morgan fingerprint density at radius 3 is 2.16 bits per heavy atom. The fourth-order valence-electron chi connectivity index (χ4n) is 4.69. The van der Waals surface area contributed by atoms with Crippen molar-refractivity contribution in [2.45, 2.75) is 78.6 Å². The van der Waals surface area contributed by atoms with E-state index in [4.69, 9.17) is 4.43 Å². The first-order valence-electron chi connectivity index (χ1n) is 7.74. The summed E-state index contributed by atoms with van der Waals surface area (Å²) in [6, 6.07) is 0. The van der Waals surface area contributed by atoms with E-state index in [1.807, 2.05) is 6.92 Å². The Morgan fingerprint density at radius 2 is 1.84 bits per heavy atom. The monoisotopic (exact) mass is 282 g/mol. The summed E-state index contributed by atoms with van der Waals surface area (Å²) in [5.74, 6) is 0.983. The number of carbonyl (C=O) groups excluding carboxylic acids is 1. The third-order valence-corrected chi connectivity index (χ3v) is 7.07. The van der Waals surface area contributed by atoms with Gasteiger partial charge in [0.05, 0.1) is 0 Å². The van der Waals surface area contributed by atoms with Gasteiger partial charge in [0.25, 0.3) is 0 Å². The van der Waals surface area contributed by atoms with Crippen LogP contribution in [0.1, 0.15) is 53.4 Å². The van der Waals surface area contributed by atoms with Crippen molar-refractivity contribution in [3.05, 3.63) is 0 Å². The first kappa shape index (κ1) is 15.2. The number of ketones is 1. The van der Waals surface area contributed by atoms with Gasteiger partial charge in [-0.15, -0.1) is 0 Å². The van der Waals surface area contributed by atoms with Crippen LogP contribution in [-0.2, 0) is 9.22 Å². The van der Waals surface area contributed by atoms with Gasteiger partial charge in [-0.1, -0.05) is 27.7 Å². The van der Waals surface area contributed by atoms with Crippen LogP contribution in [0.3, 0.4) is 0 Å². The Bertz CT molecular complexity index is 396. The van der Waals surface area contributed by atoms with Crippen LogP contribution in [-0.4, -0.2) is 19.7 Å². The Morgan fingerprint density at radius 1 is 1.26 bits per heavy atom. The highest BCUT2D eigenvalue weighted by Crippen LogP contribution is 2.71. The molecular weight excluding hydrogens is 252 g/mol. The summed E-state index contributed by atoms with van der Waals surface area (Å²) < 4.78 is 6.60. The van der Waals surface area contributed by atoms with Crippen LogP contribution in [0.2, 0.25) is 19.6 Å². The zero-order valence-electron chi connectivity index (χ0n) is 13.7. The molecule has 0 radical (unpaired) electrons. The van der Waals surface area contributed by atoms with Gasteiger partial charge in [0.1, 0.15) is 5.60 Å². The fraction of sp³-hybridized carbons (Fsp3) is 0.938. The SMILES string of the molecule is CCC(=O)[C@@]1(O[Si](C)(C)C)C[C@H]2CC[C@]1(C)C2(C)C. The largest absolute Gasteiger partial charge is 0.405 e. The topological polar surface area (TPSA) is 26.3 Å². The van der Waals surface area contributed by atoms with Crippen molar-refractivity contribution in [2.24, 2.45) is 16.7 Å². The van der Waals surface area contributed by atoms with Crippen molar-refractivity contribution in [3.63, 3.8) is 0 Å². The standard InChI is InChI=1S/C16H30O2Si/c1-8-13(17)16(18-19(5,6)7)11-12-9-10-15(16,4)14(12,2)3/h12H,8-11H2,1-7H3/t12-,15-,16+/m1/s1. The second-order valence-corrected chi connectivity index (χ2v) is 12.7. The molecule has 0 spiro atoms. The van der Waals surface area contributed by atoms with Gasteiger partial charge in [-0.2, -0.15) is 0 Å². The number of rotatable bonds is 4. The van der Waals surface area contributed by atoms with Crippen LogP contribution in [0.4, 0.5) is 0 Å². The molecule has 2 bridgehead atoms. The highest BCUT2D eigenvalue weighted by atomic mass is 28.4. The maximum absolute atomic E-state index is 12.8. The summed E-state index contributed by atoms with van der Waals surface area (Å²) in [7, 11) is -1.74. The minimum Gasteiger partial charge on any atom is -0.405 e. The molecule has 19 heavy (non-hydrogen) atoms. The molecule has 110 valence electrons. The summed E-state index contributed by atoms with van der Waals surface area (Å²) in [6.45, 7) is 15.6. The van der Waals surface area contributed by atoms with Crippen LogP contribution in [0.5, 0.6) is 0 Å². The highest BCUT2D eigenvalue weighted by molar-refractivity contribution is 6.70. The van der Waals surface area contributed by atoms with Crippen molar-refractivity contribution in [1.82, 2.24) is 0 Å². The van der Waals surface area contributed by atoms with Crippen molar-refractivity contribution in [1.29, 1.82) is 0 Å². The third-order valence-electron chi connectivity index (χ3n) is 6.11. The molecule has 2 fully saturated rings. The molecule has 0 aromatic carbocycles. The maximum atomic E-state index is 12.8. The molecule has 0 amide bonds. The zero-order valence-corrected chi connectivity index (χ0v) is 14.7. The molecule has 0 N–H and O–H groups in total. The van der Waals surface area contributed by atoms with Crippen LogP contribution in [0.25, 0.3) is 0 Å². The molecule has 0 unspecified atom stereocenters. The summed E-state index contributed by atoms with van der Waals surface area (Å²) in [5.41, 5.74) is -0.270. The van der Waals surface area contributed by atoms with Gasteiger partial charge in [-0.3, -0.25) is 4.79 Å². The van der Waals surface area contributed by atoms with E-state index >= 15 is 0 Å². The Hall–Kier alpha value is -0.153. The summed E-state index contributed by atoms with van der Waals surface area (Å²) in [6.07, 6.45) is 3.95. The third kappa shape index (κ3) is 1.88. The van der Waals surface area contributed by atoms with E-state index in [0.717, 1.165) is 12.8 Å². The van der Waals surface area contributed by atoms with Gasteiger partial charge in [0.2, 0.25) is 0 Å². The molecule has 2 saturated carbocycles. The number of carbonyl (C=O) groups is 1. The van der Waals surface area contributed by atoms with E-state index in [1.165, 1.54) is 6.42 Å². The Balaban J connectivity index is 2.50. The van der Waals surface area contributed by atoms with E-state index in [-0.39, 0.29) is 10.8 Å². The van der Waals surface area contributed by atoms with Crippen LogP contribution in [0, 0.1) is 16.7 Å². The van der Waals surface area contributed by atoms with Gasteiger partial charge in [-0.25, -0.2) is 0 Å². The van der Waals surface area contributed by atoms with Gasteiger partial charge in [-0.05, 0) is 50.2 Å². The van der Waals surface area contributed by atoms with E-state index in [2.05, 4.69) is 40.4 Å². The number of hydrogen-bond donors (Lipinski definition) is 0. The predicted octanol–water partition coefficient (Wildman–Crippen LogP) is 4.40. The molecule has 0 aromatic heterocycles. The number of fused-ring (bicyclic) bond motifs is 2. The summed E-state index contributed by atoms with van der Waals surface area (Å²) >= 11 is 0. The summed E-state index contributed by atoms with van der Waals surface area (Å²) in [4.78, 5) is 12.8. The van der Waals surface area contributed by atoms with E-state index in [9.17, 15) is 4.79 Å². The lowest BCUT2D eigenvalue weighted by molar-refractivity contribution is -0.151. The molecule has 3 atom stereocenters. The fourth-order valence-corrected chi connectivity index (χ4v) is 6.16. The number of hydrogen-bond acceptors (Lipinski definition) is 2. The van der Waals surface area contributed by atoms with Crippen LogP contribution < -0.4 is 0 Å². The van der Waals surface area contributed by atoms with Gasteiger partial charge in [0.15, 0.2) is 14.1 Å². The van der Waals surface area contributed by atoms with Gasteiger partial charge >= 0.3 is 0 Å². The maximum Gasteiger partial charge on any atom is 0.185 e. The lowest BCUT2D eigenvalue weighted by atomic mass is 9.63. The number of Topliss-reactive ketones (excluding diaryl/α,β-unsaturated/α-hetero) is 1. The highest BCUT2D eigenvalue weighted by Gasteiger charge is 2.72. The molecule has 0 aliphatic heterocycles. The van der Waals surface area contributed by atoms with Crippen molar-refractivity contribution in [2.75, 3.05) is 0 Å². The minimum absolute atomic E-state index is 0.0119. The van der Waals surface area contributed by atoms with E-state index < -0.39 is 13.9 Å². The molecule has 2 rings (SSSR count). The van der Waals surface area contributed by atoms with Gasteiger partial charge < -0.3 is 4.43 Å². The zero-order chi connectivity index (χ0) is 14.7. The lowest BCUT2D eigenvalue weighted by Crippen LogP contribution is -2.58. The average molecular weight is 282 g/mol. The average Bonchev–Trinajstić information content (AvgIpc) is 2.57. The first-order valence-corrected chi connectivity index (χ1v) is 11.1. The smallest absolute Gasteiger partial charge is 0.185 e. The minimum atomic E-state index is -1.74. The quantitative estimate of drug-likeness (QED) is 0.714. The van der Waals surface area contributed by atoms with Crippen LogP contribution >= 0.6 is 0 Å². The summed E-state index contributed by atoms with van der Waals surface area (Å²) in [5, 5.41) is 0. The van der Waals surface area contributed by atoms with Crippen LogP contribution in [0.15, 0.2) is 0 Å². The predicted molar refractivity (Wildman–Crippen MR) is 81.7 cm³/mol. The normalized spacial score (nSPS) is 40.7. The molecule has 2 aliphatic rings. The van der Waals surface area contributed by atoms with E-state index in [0.29, 0.717) is 18.1 Å². The second-order valence-electron chi connectivity index (χ2n) is 8.31. The molecular formula is C16H30O2Si. The Labute approximate surface area is 119 Å². The van der Waals surface area contributed by atoms with E-state index in [1.54, 1.807) is 0 Å². The molecule has 0 heterocycles. The second kappa shape index (κ2) is 4.17. The first-order chi connectivity index (χ1) is 8.50. The van der Waals surface area contributed by atoms with Gasteiger partial charge in [0, 0.05) is 11.8 Å². The molecule has 2 aliphatic carbocycles.